The Hall–Kier alpha value is -1.72. The molecule has 0 aromatic heterocycles. The number of hydrogen-bond acceptors (Lipinski definition) is 2. The minimum Gasteiger partial charge on any atom is -0.324 e. The molecule has 2 aromatic rings. The average Bonchev–Trinajstić information content (AvgIpc) is 2.49. The van der Waals surface area contributed by atoms with E-state index in [0.717, 1.165) is 5.56 Å². The van der Waals surface area contributed by atoms with Crippen molar-refractivity contribution in [3.05, 3.63) is 64.4 Å². The molecule has 1 amide bonds. The van der Waals surface area contributed by atoms with Crippen molar-refractivity contribution in [2.45, 2.75) is 18.9 Å². The van der Waals surface area contributed by atoms with Crippen LogP contribution in [0.25, 0.3) is 0 Å². The molecule has 0 aliphatic heterocycles. The molecule has 3 nitrogen and oxygen atoms in total. The van der Waals surface area contributed by atoms with Crippen molar-refractivity contribution in [1.82, 2.24) is 0 Å². The van der Waals surface area contributed by atoms with Gasteiger partial charge in [0.15, 0.2) is 0 Å². The van der Waals surface area contributed by atoms with Crippen LogP contribution in [0.3, 0.4) is 0 Å². The third-order valence-corrected chi connectivity index (χ3v) is 3.80. The lowest BCUT2D eigenvalue weighted by Gasteiger charge is -2.12. The van der Waals surface area contributed by atoms with E-state index in [4.69, 9.17) is 5.73 Å². The van der Waals surface area contributed by atoms with Crippen LogP contribution in [0.5, 0.6) is 0 Å². The van der Waals surface area contributed by atoms with E-state index in [0.29, 0.717) is 10.9 Å². The van der Waals surface area contributed by atoms with Crippen molar-refractivity contribution >= 4 is 27.5 Å². The van der Waals surface area contributed by atoms with Gasteiger partial charge in [0.25, 0.3) is 0 Å². The first-order valence-corrected chi connectivity index (χ1v) is 7.41. The molecule has 0 saturated heterocycles. The number of benzene rings is 2. The number of anilines is 1. The highest BCUT2D eigenvalue weighted by molar-refractivity contribution is 9.10. The van der Waals surface area contributed by atoms with Crippen molar-refractivity contribution in [2.24, 2.45) is 5.73 Å². The molecule has 2 rings (SSSR count). The number of nitrogens with one attached hydrogen (secondary N) is 1. The Bertz CT molecular complexity index is 599. The largest absolute Gasteiger partial charge is 0.324 e. The fourth-order valence-electron chi connectivity index (χ4n) is 1.97. The normalized spacial score (nSPS) is 12.0. The molecule has 0 heterocycles. The number of carbonyl (C=O) groups is 1. The van der Waals surface area contributed by atoms with Crippen LogP contribution in [0.1, 0.15) is 24.4 Å². The molecule has 0 radical (unpaired) electrons. The number of amides is 1. The number of carbonyl (C=O) groups excluding carboxylic acids is 1. The summed E-state index contributed by atoms with van der Waals surface area (Å²) in [6, 6.07) is 13.9. The monoisotopic (exact) mass is 350 g/mol. The predicted molar refractivity (Wildman–Crippen MR) is 85.3 cm³/mol. The summed E-state index contributed by atoms with van der Waals surface area (Å²) in [6.45, 7) is 0. The van der Waals surface area contributed by atoms with Crippen LogP contribution in [0.15, 0.2) is 53.0 Å². The number of hydrogen-bond donors (Lipinski definition) is 2. The summed E-state index contributed by atoms with van der Waals surface area (Å²) in [5, 5.41) is 2.57. The molecule has 3 N–H and O–H groups in total. The zero-order valence-electron chi connectivity index (χ0n) is 11.4. The van der Waals surface area contributed by atoms with Gasteiger partial charge in [-0.15, -0.1) is 0 Å². The minimum absolute atomic E-state index is 0.163. The average molecular weight is 351 g/mol. The second-order valence-corrected chi connectivity index (χ2v) is 5.56. The van der Waals surface area contributed by atoms with Gasteiger partial charge in [0.1, 0.15) is 5.82 Å². The van der Waals surface area contributed by atoms with Crippen molar-refractivity contribution in [1.29, 1.82) is 0 Å². The second-order valence-electron chi connectivity index (χ2n) is 4.70. The summed E-state index contributed by atoms with van der Waals surface area (Å²) >= 11 is 3.21. The Morgan fingerprint density at radius 3 is 2.57 bits per heavy atom. The fourth-order valence-corrected chi connectivity index (χ4v) is 2.41. The van der Waals surface area contributed by atoms with Gasteiger partial charge in [-0.3, -0.25) is 4.79 Å². The third kappa shape index (κ3) is 4.37. The van der Waals surface area contributed by atoms with Gasteiger partial charge in [0.2, 0.25) is 5.91 Å². The van der Waals surface area contributed by atoms with Gasteiger partial charge < -0.3 is 11.1 Å². The first kappa shape index (κ1) is 15.7. The topological polar surface area (TPSA) is 55.1 Å². The van der Waals surface area contributed by atoms with Crippen molar-refractivity contribution in [2.75, 3.05) is 5.32 Å². The Morgan fingerprint density at radius 1 is 1.19 bits per heavy atom. The smallest absolute Gasteiger partial charge is 0.224 e. The Morgan fingerprint density at radius 2 is 1.90 bits per heavy atom. The first-order valence-electron chi connectivity index (χ1n) is 6.62. The number of rotatable bonds is 5. The maximum absolute atomic E-state index is 13.6. The highest BCUT2D eigenvalue weighted by atomic mass is 79.9. The van der Waals surface area contributed by atoms with Crippen molar-refractivity contribution in [3.8, 4) is 0 Å². The van der Waals surface area contributed by atoms with E-state index < -0.39 is 5.82 Å². The quantitative estimate of drug-likeness (QED) is 0.855. The zero-order valence-corrected chi connectivity index (χ0v) is 12.9. The molecular formula is C16H16BrFN2O. The SMILES string of the molecule is NC(CCC(=O)Nc1c(F)cccc1Br)c1ccccc1. The summed E-state index contributed by atoms with van der Waals surface area (Å²) < 4.78 is 14.1. The molecule has 5 heteroatoms. The highest BCUT2D eigenvalue weighted by Crippen LogP contribution is 2.25. The van der Waals surface area contributed by atoms with Crippen LogP contribution in [0.4, 0.5) is 10.1 Å². The Kier molecular flexibility index (Phi) is 5.47. The van der Waals surface area contributed by atoms with Crippen molar-refractivity contribution < 1.29 is 9.18 Å². The van der Waals surface area contributed by atoms with E-state index in [-0.39, 0.29) is 24.1 Å². The molecular weight excluding hydrogens is 335 g/mol. The maximum atomic E-state index is 13.6. The van der Waals surface area contributed by atoms with Crippen LogP contribution < -0.4 is 11.1 Å². The van der Waals surface area contributed by atoms with E-state index in [1.165, 1.54) is 6.07 Å². The molecule has 1 unspecified atom stereocenters. The van der Waals surface area contributed by atoms with Crippen molar-refractivity contribution in [3.63, 3.8) is 0 Å². The van der Waals surface area contributed by atoms with Gasteiger partial charge in [0.05, 0.1) is 5.69 Å². The van der Waals surface area contributed by atoms with Gasteiger partial charge in [-0.2, -0.15) is 0 Å². The molecule has 2 aromatic carbocycles. The predicted octanol–water partition coefficient (Wildman–Crippen LogP) is 4.01. The van der Waals surface area contributed by atoms with E-state index in [1.54, 1.807) is 12.1 Å². The molecule has 0 aliphatic carbocycles. The van der Waals surface area contributed by atoms with E-state index >= 15 is 0 Å². The summed E-state index contributed by atoms with van der Waals surface area (Å²) in [5.41, 5.74) is 7.18. The highest BCUT2D eigenvalue weighted by Gasteiger charge is 2.12. The van der Waals surface area contributed by atoms with Gasteiger partial charge in [-0.05, 0) is 40.0 Å². The summed E-state index contributed by atoms with van der Waals surface area (Å²) in [6.07, 6.45) is 0.735. The maximum Gasteiger partial charge on any atom is 0.224 e. The lowest BCUT2D eigenvalue weighted by atomic mass is 10.0. The molecule has 0 saturated carbocycles. The van der Waals surface area contributed by atoms with E-state index in [1.807, 2.05) is 30.3 Å². The number of para-hydroxylation sites is 1. The molecule has 21 heavy (non-hydrogen) atoms. The summed E-state index contributed by atoms with van der Waals surface area (Å²) in [4.78, 5) is 11.9. The Labute approximate surface area is 131 Å². The third-order valence-electron chi connectivity index (χ3n) is 3.14. The van der Waals surface area contributed by atoms with Crippen LogP contribution in [0, 0.1) is 5.82 Å². The standard InChI is InChI=1S/C16H16BrFN2O/c17-12-7-4-8-13(18)16(12)20-15(21)10-9-14(19)11-5-2-1-3-6-11/h1-8,14H,9-10,19H2,(H,20,21). The zero-order chi connectivity index (χ0) is 15.2. The molecule has 0 fully saturated rings. The number of nitrogens with two attached hydrogens (primary N) is 1. The van der Waals surface area contributed by atoms with E-state index in [9.17, 15) is 9.18 Å². The van der Waals surface area contributed by atoms with E-state index in [2.05, 4.69) is 21.2 Å². The van der Waals surface area contributed by atoms with Gasteiger partial charge in [-0.25, -0.2) is 4.39 Å². The first-order chi connectivity index (χ1) is 10.1. The lowest BCUT2D eigenvalue weighted by molar-refractivity contribution is -0.116. The van der Waals surface area contributed by atoms with Gasteiger partial charge in [0, 0.05) is 16.9 Å². The van der Waals surface area contributed by atoms with Gasteiger partial charge in [-0.1, -0.05) is 36.4 Å². The molecule has 0 bridgehead atoms. The number of halogens is 2. The van der Waals surface area contributed by atoms with Crippen LogP contribution >= 0.6 is 15.9 Å². The Balaban J connectivity index is 1.91. The van der Waals surface area contributed by atoms with Gasteiger partial charge >= 0.3 is 0 Å². The fraction of sp³-hybridized carbons (Fsp3) is 0.188. The lowest BCUT2D eigenvalue weighted by Crippen LogP contribution is -2.17. The molecule has 0 spiro atoms. The molecule has 110 valence electrons. The van der Waals surface area contributed by atoms with Crippen LogP contribution in [-0.2, 0) is 4.79 Å². The van der Waals surface area contributed by atoms with Crippen LogP contribution in [-0.4, -0.2) is 5.91 Å². The summed E-state index contributed by atoms with van der Waals surface area (Å²) in [5.74, 6) is -0.725. The molecule has 0 aliphatic rings. The second kappa shape index (κ2) is 7.33. The summed E-state index contributed by atoms with van der Waals surface area (Å²) in [7, 11) is 0. The minimum atomic E-state index is -0.468. The molecule has 1 atom stereocenters. The van der Waals surface area contributed by atoms with Crippen LogP contribution in [0.2, 0.25) is 0 Å².